The van der Waals surface area contributed by atoms with Crippen molar-refractivity contribution < 1.29 is 14.6 Å². The van der Waals surface area contributed by atoms with E-state index in [1.165, 1.54) is 0 Å². The lowest BCUT2D eigenvalue weighted by atomic mass is 10.1. The summed E-state index contributed by atoms with van der Waals surface area (Å²) in [6, 6.07) is 7.82. The summed E-state index contributed by atoms with van der Waals surface area (Å²) in [5, 5.41) is 9.21. The van der Waals surface area contributed by atoms with Gasteiger partial charge in [0.05, 0.1) is 6.61 Å². The molecule has 0 atom stereocenters. The summed E-state index contributed by atoms with van der Waals surface area (Å²) >= 11 is 0. The third-order valence-electron chi connectivity index (χ3n) is 3.15. The van der Waals surface area contributed by atoms with E-state index in [1.807, 2.05) is 31.2 Å². The number of aliphatic hydroxyl groups excluding tert-OH is 1. The van der Waals surface area contributed by atoms with E-state index in [0.717, 1.165) is 34.0 Å². The van der Waals surface area contributed by atoms with Gasteiger partial charge < -0.3 is 19.6 Å². The van der Waals surface area contributed by atoms with Crippen LogP contribution in [0.25, 0.3) is 11.3 Å². The van der Waals surface area contributed by atoms with E-state index in [0.29, 0.717) is 13.2 Å². The van der Waals surface area contributed by atoms with Crippen LogP contribution in [0.4, 0.5) is 0 Å². The lowest BCUT2D eigenvalue weighted by molar-refractivity contribution is 0.171. The molecule has 1 aliphatic rings. The molecular formula is C14H15NO3. The van der Waals surface area contributed by atoms with Crippen LogP contribution in [0.1, 0.15) is 11.3 Å². The number of aromatic nitrogens is 1. The highest BCUT2D eigenvalue weighted by molar-refractivity contribution is 5.65. The number of aryl methyl sites for hydroxylation is 1. The average molecular weight is 245 g/mol. The van der Waals surface area contributed by atoms with Crippen molar-refractivity contribution in [1.29, 1.82) is 0 Å². The van der Waals surface area contributed by atoms with Gasteiger partial charge in [-0.25, -0.2) is 0 Å². The first kappa shape index (κ1) is 11.2. The van der Waals surface area contributed by atoms with Crippen LogP contribution in [0, 0.1) is 6.92 Å². The zero-order valence-electron chi connectivity index (χ0n) is 10.2. The smallest absolute Gasteiger partial charge is 0.162 e. The molecule has 1 aromatic carbocycles. The highest BCUT2D eigenvalue weighted by atomic mass is 16.6. The first-order valence-corrected chi connectivity index (χ1v) is 5.97. The van der Waals surface area contributed by atoms with Crippen LogP contribution in [0.5, 0.6) is 11.5 Å². The minimum absolute atomic E-state index is 0.0485. The molecule has 1 aromatic heterocycles. The Morgan fingerprint density at radius 2 is 1.94 bits per heavy atom. The SMILES string of the molecule is Cc1[nH]c(-c2ccc3c(c2)OCCO3)cc1CO. The maximum absolute atomic E-state index is 9.21. The van der Waals surface area contributed by atoms with Gasteiger partial charge in [-0.3, -0.25) is 0 Å². The molecule has 94 valence electrons. The Hall–Kier alpha value is -1.94. The topological polar surface area (TPSA) is 54.5 Å². The van der Waals surface area contributed by atoms with Crippen molar-refractivity contribution in [3.05, 3.63) is 35.5 Å². The first-order valence-electron chi connectivity index (χ1n) is 5.97. The molecule has 0 aliphatic carbocycles. The van der Waals surface area contributed by atoms with Gasteiger partial charge in [-0.05, 0) is 36.8 Å². The zero-order chi connectivity index (χ0) is 12.5. The maximum atomic E-state index is 9.21. The second-order valence-electron chi connectivity index (χ2n) is 4.35. The van der Waals surface area contributed by atoms with Gasteiger partial charge in [0.1, 0.15) is 13.2 Å². The predicted molar refractivity (Wildman–Crippen MR) is 67.9 cm³/mol. The van der Waals surface area contributed by atoms with Gasteiger partial charge in [-0.2, -0.15) is 0 Å². The minimum Gasteiger partial charge on any atom is -0.486 e. The number of aromatic amines is 1. The number of fused-ring (bicyclic) bond motifs is 1. The lowest BCUT2D eigenvalue weighted by Gasteiger charge is -2.18. The van der Waals surface area contributed by atoms with Crippen LogP contribution in [-0.2, 0) is 6.61 Å². The Balaban J connectivity index is 2.00. The van der Waals surface area contributed by atoms with Crippen molar-refractivity contribution in [1.82, 2.24) is 4.98 Å². The Kier molecular flexibility index (Phi) is 2.72. The van der Waals surface area contributed by atoms with Crippen LogP contribution >= 0.6 is 0 Å². The number of H-pyrrole nitrogens is 1. The molecule has 0 radical (unpaired) electrons. The molecule has 0 saturated heterocycles. The summed E-state index contributed by atoms with van der Waals surface area (Å²) in [5.74, 6) is 1.56. The monoisotopic (exact) mass is 245 g/mol. The molecule has 0 fully saturated rings. The Morgan fingerprint density at radius 1 is 1.17 bits per heavy atom. The van der Waals surface area contributed by atoms with E-state index in [1.54, 1.807) is 0 Å². The molecule has 0 amide bonds. The van der Waals surface area contributed by atoms with Gasteiger partial charge in [-0.15, -0.1) is 0 Å². The number of rotatable bonds is 2. The number of hydrogen-bond acceptors (Lipinski definition) is 3. The van der Waals surface area contributed by atoms with Gasteiger partial charge >= 0.3 is 0 Å². The molecule has 3 rings (SSSR count). The molecule has 2 aromatic rings. The van der Waals surface area contributed by atoms with Crippen LogP contribution < -0.4 is 9.47 Å². The average Bonchev–Trinajstić information content (AvgIpc) is 2.79. The number of nitrogens with one attached hydrogen (secondary N) is 1. The summed E-state index contributed by atoms with van der Waals surface area (Å²) < 4.78 is 11.0. The fourth-order valence-corrected chi connectivity index (χ4v) is 2.13. The minimum atomic E-state index is 0.0485. The highest BCUT2D eigenvalue weighted by Gasteiger charge is 2.13. The molecule has 4 heteroatoms. The number of benzene rings is 1. The molecule has 1 aliphatic heterocycles. The summed E-state index contributed by atoms with van der Waals surface area (Å²) in [4.78, 5) is 3.26. The van der Waals surface area contributed by atoms with Crippen LogP contribution in [0.3, 0.4) is 0 Å². The van der Waals surface area contributed by atoms with Crippen LogP contribution in [0.2, 0.25) is 0 Å². The predicted octanol–water partition coefficient (Wildman–Crippen LogP) is 2.25. The van der Waals surface area contributed by atoms with Crippen LogP contribution in [0.15, 0.2) is 24.3 Å². The molecule has 2 heterocycles. The van der Waals surface area contributed by atoms with Gasteiger partial charge in [0, 0.05) is 17.0 Å². The summed E-state index contributed by atoms with van der Waals surface area (Å²) in [6.07, 6.45) is 0. The van der Waals surface area contributed by atoms with Crippen molar-refractivity contribution in [2.24, 2.45) is 0 Å². The van der Waals surface area contributed by atoms with Crippen molar-refractivity contribution >= 4 is 0 Å². The van der Waals surface area contributed by atoms with Crippen molar-refractivity contribution in [3.63, 3.8) is 0 Å². The standard InChI is InChI=1S/C14H15NO3/c1-9-11(8-16)6-12(15-9)10-2-3-13-14(7-10)18-5-4-17-13/h2-3,6-7,15-16H,4-5,8H2,1H3. The summed E-state index contributed by atoms with van der Waals surface area (Å²) in [6.45, 7) is 3.19. The molecule has 18 heavy (non-hydrogen) atoms. The molecule has 0 unspecified atom stereocenters. The molecule has 2 N–H and O–H groups in total. The van der Waals surface area contributed by atoms with Crippen LogP contribution in [-0.4, -0.2) is 23.3 Å². The quantitative estimate of drug-likeness (QED) is 0.853. The molecular weight excluding hydrogens is 230 g/mol. The molecule has 0 spiro atoms. The maximum Gasteiger partial charge on any atom is 0.162 e. The highest BCUT2D eigenvalue weighted by Crippen LogP contribution is 2.34. The van der Waals surface area contributed by atoms with E-state index in [4.69, 9.17) is 9.47 Å². The third kappa shape index (κ3) is 1.84. The van der Waals surface area contributed by atoms with E-state index >= 15 is 0 Å². The molecule has 0 saturated carbocycles. The number of aliphatic hydroxyl groups is 1. The van der Waals surface area contributed by atoms with E-state index in [2.05, 4.69) is 4.98 Å². The second kappa shape index (κ2) is 4.38. The Morgan fingerprint density at radius 3 is 2.67 bits per heavy atom. The van der Waals surface area contributed by atoms with Gasteiger partial charge in [0.25, 0.3) is 0 Å². The van der Waals surface area contributed by atoms with Crippen molar-refractivity contribution in [2.45, 2.75) is 13.5 Å². The largest absolute Gasteiger partial charge is 0.486 e. The third-order valence-corrected chi connectivity index (χ3v) is 3.15. The summed E-state index contributed by atoms with van der Waals surface area (Å²) in [7, 11) is 0. The normalized spacial score (nSPS) is 13.7. The van der Waals surface area contributed by atoms with E-state index in [9.17, 15) is 5.11 Å². The molecule has 4 nitrogen and oxygen atoms in total. The van der Waals surface area contributed by atoms with Crippen molar-refractivity contribution in [3.8, 4) is 22.8 Å². The number of hydrogen-bond donors (Lipinski definition) is 2. The van der Waals surface area contributed by atoms with E-state index in [-0.39, 0.29) is 6.61 Å². The zero-order valence-corrected chi connectivity index (χ0v) is 10.2. The first-order chi connectivity index (χ1) is 8.78. The van der Waals surface area contributed by atoms with Gasteiger partial charge in [0.2, 0.25) is 0 Å². The fourth-order valence-electron chi connectivity index (χ4n) is 2.13. The number of ether oxygens (including phenoxy) is 2. The Labute approximate surface area is 105 Å². The van der Waals surface area contributed by atoms with Gasteiger partial charge in [-0.1, -0.05) is 0 Å². The van der Waals surface area contributed by atoms with E-state index < -0.39 is 0 Å². The summed E-state index contributed by atoms with van der Waals surface area (Å²) in [5.41, 5.74) is 3.91. The second-order valence-corrected chi connectivity index (χ2v) is 4.35. The molecule has 0 bridgehead atoms. The van der Waals surface area contributed by atoms with Crippen molar-refractivity contribution in [2.75, 3.05) is 13.2 Å². The Bertz CT molecular complexity index is 574. The lowest BCUT2D eigenvalue weighted by Crippen LogP contribution is -2.15. The van der Waals surface area contributed by atoms with Gasteiger partial charge in [0.15, 0.2) is 11.5 Å². The fraction of sp³-hybridized carbons (Fsp3) is 0.286.